The van der Waals surface area contributed by atoms with Crippen LogP contribution in [0.15, 0.2) is 52.9 Å². The molecule has 3 aromatic carbocycles. The number of anilines is 1. The minimum absolute atomic E-state index is 0.162. The smallest absolute Gasteiger partial charge is 0.264 e. The molecule has 2 N–H and O–H groups in total. The van der Waals surface area contributed by atoms with Gasteiger partial charge in [-0.3, -0.25) is 10.1 Å². The molecule has 9 heteroatoms. The van der Waals surface area contributed by atoms with Gasteiger partial charge >= 0.3 is 0 Å². The number of fused-ring (bicyclic) bond motifs is 1. The molecule has 4 aromatic rings. The lowest BCUT2D eigenvalue weighted by Gasteiger charge is -2.13. The fourth-order valence-electron chi connectivity index (χ4n) is 3.71. The normalized spacial score (nSPS) is 10.9. The number of hydrogen-bond donors (Lipinski definition) is 2. The van der Waals surface area contributed by atoms with Crippen molar-refractivity contribution in [3.63, 3.8) is 0 Å². The van der Waals surface area contributed by atoms with Crippen LogP contribution >= 0.6 is 35.4 Å². The van der Waals surface area contributed by atoms with Crippen LogP contribution in [0.5, 0.6) is 5.75 Å². The fraction of sp³-hybridized carbons (Fsp3) is 0.192. The summed E-state index contributed by atoms with van der Waals surface area (Å²) < 4.78 is 11.5. The molecule has 1 aromatic heterocycles. The highest BCUT2D eigenvalue weighted by Gasteiger charge is 2.12. The second-order valence-electron chi connectivity index (χ2n) is 8.24. The molecule has 0 unspecified atom stereocenters. The summed E-state index contributed by atoms with van der Waals surface area (Å²) in [6.07, 6.45) is 0.568. The first-order valence-electron chi connectivity index (χ1n) is 10.8. The van der Waals surface area contributed by atoms with Gasteiger partial charge in [0.15, 0.2) is 23.2 Å². The van der Waals surface area contributed by atoms with Crippen LogP contribution in [0.2, 0.25) is 10.0 Å². The van der Waals surface area contributed by atoms with Crippen molar-refractivity contribution in [2.45, 2.75) is 27.2 Å². The quantitative estimate of drug-likeness (QED) is 0.277. The van der Waals surface area contributed by atoms with E-state index in [0.717, 1.165) is 39.0 Å². The van der Waals surface area contributed by atoms with Crippen molar-refractivity contribution in [1.82, 2.24) is 10.3 Å². The van der Waals surface area contributed by atoms with E-state index in [0.29, 0.717) is 28.1 Å². The Hall–Kier alpha value is -3.13. The van der Waals surface area contributed by atoms with Crippen molar-refractivity contribution in [2.75, 3.05) is 11.9 Å². The lowest BCUT2D eigenvalue weighted by Crippen LogP contribution is -2.37. The Balaban J connectivity index is 1.30. The largest absolute Gasteiger partial charge is 0.482 e. The molecule has 0 aliphatic heterocycles. The van der Waals surface area contributed by atoms with E-state index < -0.39 is 5.91 Å². The van der Waals surface area contributed by atoms with Gasteiger partial charge in [0, 0.05) is 17.1 Å². The second-order valence-corrected chi connectivity index (χ2v) is 9.49. The number of thiocarbonyl (C=S) groups is 1. The molecule has 0 radical (unpaired) electrons. The number of rotatable bonds is 6. The molecule has 4 rings (SSSR count). The van der Waals surface area contributed by atoms with Crippen molar-refractivity contribution in [1.29, 1.82) is 0 Å². The number of nitrogens with zero attached hydrogens (tertiary/aromatic N) is 1. The number of halogens is 2. The third-order valence-electron chi connectivity index (χ3n) is 5.23. The molecule has 6 nitrogen and oxygen atoms in total. The lowest BCUT2D eigenvalue weighted by molar-refractivity contribution is -0.121. The summed E-state index contributed by atoms with van der Waals surface area (Å²) >= 11 is 17.3. The van der Waals surface area contributed by atoms with Crippen LogP contribution in [0.1, 0.15) is 28.1 Å². The van der Waals surface area contributed by atoms with Gasteiger partial charge in [-0.05, 0) is 85.6 Å². The van der Waals surface area contributed by atoms with Gasteiger partial charge in [0.05, 0.1) is 5.02 Å². The van der Waals surface area contributed by atoms with Crippen LogP contribution in [-0.4, -0.2) is 22.6 Å². The first kappa shape index (κ1) is 25.0. The Labute approximate surface area is 218 Å². The van der Waals surface area contributed by atoms with E-state index in [4.69, 9.17) is 44.6 Å². The number of aryl methyl sites for hydroxylation is 3. The molecular weight excluding hydrogens is 505 g/mol. The van der Waals surface area contributed by atoms with E-state index in [-0.39, 0.29) is 11.7 Å². The van der Waals surface area contributed by atoms with Gasteiger partial charge in [0.2, 0.25) is 0 Å². The highest BCUT2D eigenvalue weighted by Crippen LogP contribution is 2.31. The summed E-state index contributed by atoms with van der Waals surface area (Å²) in [5, 5.41) is 6.58. The topological polar surface area (TPSA) is 76.4 Å². The Morgan fingerprint density at radius 2 is 1.80 bits per heavy atom. The highest BCUT2D eigenvalue weighted by atomic mass is 35.5. The van der Waals surface area contributed by atoms with E-state index in [9.17, 15) is 4.79 Å². The number of hydrogen-bond acceptors (Lipinski definition) is 5. The molecule has 0 aliphatic carbocycles. The maximum Gasteiger partial charge on any atom is 0.264 e. The minimum atomic E-state index is -0.411. The Bertz CT molecular complexity index is 1390. The van der Waals surface area contributed by atoms with Crippen molar-refractivity contribution < 1.29 is 13.9 Å². The van der Waals surface area contributed by atoms with E-state index in [1.54, 1.807) is 19.1 Å². The minimum Gasteiger partial charge on any atom is -0.482 e. The summed E-state index contributed by atoms with van der Waals surface area (Å²) in [5.41, 5.74) is 6.43. The SMILES string of the molecule is Cc1cc(C)c2oc(Cc3ccc(NC(=S)NC(=O)COc4c(C)cc(Cl)cc4Cl)cc3)nc2c1. The molecule has 180 valence electrons. The summed E-state index contributed by atoms with van der Waals surface area (Å²) in [6, 6.07) is 15.0. The fourth-order valence-corrected chi connectivity index (χ4v) is 4.59. The van der Waals surface area contributed by atoms with Gasteiger partial charge in [-0.1, -0.05) is 41.4 Å². The maximum atomic E-state index is 12.2. The van der Waals surface area contributed by atoms with E-state index in [1.165, 1.54) is 0 Å². The van der Waals surface area contributed by atoms with Gasteiger partial charge < -0.3 is 14.5 Å². The zero-order valence-electron chi connectivity index (χ0n) is 19.4. The van der Waals surface area contributed by atoms with Gasteiger partial charge in [0.25, 0.3) is 5.91 Å². The molecule has 0 aliphatic rings. The molecule has 0 saturated carbocycles. The number of oxazole rings is 1. The summed E-state index contributed by atoms with van der Waals surface area (Å²) in [4.78, 5) is 16.8. The highest BCUT2D eigenvalue weighted by molar-refractivity contribution is 7.80. The number of ether oxygens (including phenoxy) is 1. The molecule has 0 saturated heterocycles. The van der Waals surface area contributed by atoms with Gasteiger partial charge in [-0.25, -0.2) is 4.98 Å². The van der Waals surface area contributed by atoms with Crippen molar-refractivity contribution in [3.8, 4) is 5.75 Å². The number of aromatic nitrogens is 1. The molecule has 0 bridgehead atoms. The molecule has 0 atom stereocenters. The number of carbonyl (C=O) groups excluding carboxylic acids is 1. The van der Waals surface area contributed by atoms with Crippen LogP contribution in [0.3, 0.4) is 0 Å². The molecule has 1 heterocycles. The van der Waals surface area contributed by atoms with Crippen LogP contribution in [0, 0.1) is 20.8 Å². The summed E-state index contributed by atoms with van der Waals surface area (Å²) in [7, 11) is 0. The van der Waals surface area contributed by atoms with E-state index in [2.05, 4.69) is 21.7 Å². The number of amides is 1. The number of nitrogens with one attached hydrogen (secondary N) is 2. The lowest BCUT2D eigenvalue weighted by atomic mass is 10.1. The Morgan fingerprint density at radius 3 is 2.51 bits per heavy atom. The van der Waals surface area contributed by atoms with Crippen molar-refractivity contribution >= 4 is 63.2 Å². The van der Waals surface area contributed by atoms with Gasteiger partial charge in [0.1, 0.15) is 11.3 Å². The monoisotopic (exact) mass is 527 g/mol. The van der Waals surface area contributed by atoms with E-state index >= 15 is 0 Å². The second kappa shape index (κ2) is 10.6. The zero-order chi connectivity index (χ0) is 25.1. The average Bonchev–Trinajstić information content (AvgIpc) is 3.17. The number of benzene rings is 3. The summed E-state index contributed by atoms with van der Waals surface area (Å²) in [6.45, 7) is 5.62. The molecular formula is C26H23Cl2N3O3S. The van der Waals surface area contributed by atoms with Crippen LogP contribution in [0.25, 0.3) is 11.1 Å². The number of carbonyl (C=O) groups is 1. The molecule has 0 spiro atoms. The van der Waals surface area contributed by atoms with Gasteiger partial charge in [-0.15, -0.1) is 0 Å². The first-order valence-corrected chi connectivity index (χ1v) is 12.0. The van der Waals surface area contributed by atoms with Crippen molar-refractivity contribution in [2.24, 2.45) is 0 Å². The third kappa shape index (κ3) is 6.31. The zero-order valence-corrected chi connectivity index (χ0v) is 21.7. The molecule has 0 fully saturated rings. The predicted molar refractivity (Wildman–Crippen MR) is 144 cm³/mol. The summed E-state index contributed by atoms with van der Waals surface area (Å²) in [5.74, 6) is 0.657. The maximum absolute atomic E-state index is 12.2. The average molecular weight is 528 g/mol. The van der Waals surface area contributed by atoms with Crippen LogP contribution < -0.4 is 15.4 Å². The van der Waals surface area contributed by atoms with Gasteiger partial charge in [-0.2, -0.15) is 0 Å². The third-order valence-corrected chi connectivity index (χ3v) is 5.93. The standard InChI is InChI=1S/C26H23Cl2N3O3S/c1-14-8-15(2)25-21(9-14)30-23(34-25)11-17-4-6-19(7-5-17)29-26(35)31-22(32)13-33-24-16(3)10-18(27)12-20(24)28/h4-10,12H,11,13H2,1-3H3,(H2,29,31,32,35). The predicted octanol–water partition coefficient (Wildman–Crippen LogP) is 6.54. The molecule has 1 amide bonds. The Kier molecular flexibility index (Phi) is 7.60. The first-order chi connectivity index (χ1) is 16.7. The van der Waals surface area contributed by atoms with Crippen molar-refractivity contribution in [3.05, 3.63) is 86.7 Å². The Morgan fingerprint density at radius 1 is 1.06 bits per heavy atom. The van der Waals surface area contributed by atoms with Crippen LogP contribution in [0.4, 0.5) is 5.69 Å². The van der Waals surface area contributed by atoms with Crippen LogP contribution in [-0.2, 0) is 11.2 Å². The molecule has 35 heavy (non-hydrogen) atoms. The van der Waals surface area contributed by atoms with E-state index in [1.807, 2.05) is 44.2 Å².